The van der Waals surface area contributed by atoms with Crippen LogP contribution in [0.4, 0.5) is 0 Å². The topological polar surface area (TPSA) is 57.8 Å². The Bertz CT molecular complexity index is 916. The molecule has 0 aliphatic heterocycles. The third kappa shape index (κ3) is 2.59. The predicted molar refractivity (Wildman–Crippen MR) is 94.1 cm³/mol. The monoisotopic (exact) mass is 337 g/mol. The van der Waals surface area contributed by atoms with Crippen molar-refractivity contribution >= 4 is 17.5 Å². The van der Waals surface area contributed by atoms with Gasteiger partial charge in [0, 0.05) is 22.7 Å². The maximum atomic E-state index is 12.5. The van der Waals surface area contributed by atoms with Crippen molar-refractivity contribution in [2.45, 2.75) is 19.4 Å². The van der Waals surface area contributed by atoms with Crippen LogP contribution < -0.4 is 5.32 Å². The van der Waals surface area contributed by atoms with Crippen molar-refractivity contribution in [1.29, 1.82) is 0 Å². The van der Waals surface area contributed by atoms with Crippen LogP contribution in [0.1, 0.15) is 27.2 Å². The molecule has 2 aromatic carbocycles. The minimum Gasteiger partial charge on any atom is -0.347 e. The van der Waals surface area contributed by atoms with E-state index in [-0.39, 0.29) is 5.91 Å². The molecule has 4 nitrogen and oxygen atoms in total. The van der Waals surface area contributed by atoms with Crippen molar-refractivity contribution in [2.24, 2.45) is 0 Å². The average Bonchev–Trinajstić information content (AvgIpc) is 3.05. The van der Waals surface area contributed by atoms with Crippen LogP contribution in [0.15, 0.2) is 48.5 Å². The molecule has 0 radical (unpaired) electrons. The molecule has 0 unspecified atom stereocenters. The summed E-state index contributed by atoms with van der Waals surface area (Å²) >= 11 is 6.13. The SMILES string of the molecule is O=C(NCc1ccccc1Cl)c1[nH]nc2c1CCc1ccccc1-2. The lowest BCUT2D eigenvalue weighted by atomic mass is 9.89. The molecule has 0 bridgehead atoms. The van der Waals surface area contributed by atoms with Crippen molar-refractivity contribution in [1.82, 2.24) is 15.5 Å². The highest BCUT2D eigenvalue weighted by Gasteiger charge is 2.24. The molecule has 1 amide bonds. The predicted octanol–water partition coefficient (Wildman–Crippen LogP) is 3.76. The standard InChI is InChI=1S/C19H16ClN3O/c20-16-8-4-2-6-13(16)11-21-19(24)18-15-10-9-12-5-1-3-7-14(12)17(15)22-23-18/h1-8H,9-11H2,(H,21,24)(H,22,23). The van der Waals surface area contributed by atoms with Crippen LogP contribution in [-0.2, 0) is 19.4 Å². The molecular weight excluding hydrogens is 322 g/mol. The number of rotatable bonds is 3. The van der Waals surface area contributed by atoms with Gasteiger partial charge in [0.1, 0.15) is 5.69 Å². The smallest absolute Gasteiger partial charge is 0.269 e. The fourth-order valence-electron chi connectivity index (χ4n) is 3.15. The quantitative estimate of drug-likeness (QED) is 0.764. The van der Waals surface area contributed by atoms with Crippen LogP contribution in [0.25, 0.3) is 11.3 Å². The van der Waals surface area contributed by atoms with Gasteiger partial charge in [0.15, 0.2) is 0 Å². The molecule has 24 heavy (non-hydrogen) atoms. The number of aromatic nitrogens is 2. The van der Waals surface area contributed by atoms with E-state index in [4.69, 9.17) is 11.6 Å². The first-order valence-electron chi connectivity index (χ1n) is 7.91. The Balaban J connectivity index is 1.57. The third-order valence-corrected chi connectivity index (χ3v) is 4.78. The van der Waals surface area contributed by atoms with Gasteiger partial charge in [-0.25, -0.2) is 0 Å². The number of amides is 1. The minimum absolute atomic E-state index is 0.150. The van der Waals surface area contributed by atoms with Gasteiger partial charge in [-0.15, -0.1) is 0 Å². The fraction of sp³-hybridized carbons (Fsp3) is 0.158. The van der Waals surface area contributed by atoms with Gasteiger partial charge >= 0.3 is 0 Å². The zero-order valence-electron chi connectivity index (χ0n) is 13.0. The Labute approximate surface area is 144 Å². The number of hydrogen-bond acceptors (Lipinski definition) is 2. The lowest BCUT2D eigenvalue weighted by Gasteiger charge is -2.15. The summed E-state index contributed by atoms with van der Waals surface area (Å²) < 4.78 is 0. The van der Waals surface area contributed by atoms with Crippen LogP contribution in [0.5, 0.6) is 0 Å². The molecule has 1 aliphatic carbocycles. The molecule has 1 aliphatic rings. The normalized spacial score (nSPS) is 12.4. The highest BCUT2D eigenvalue weighted by Crippen LogP contribution is 2.33. The van der Waals surface area contributed by atoms with Crippen molar-refractivity contribution < 1.29 is 4.79 Å². The number of halogens is 1. The van der Waals surface area contributed by atoms with E-state index in [0.717, 1.165) is 35.2 Å². The minimum atomic E-state index is -0.150. The van der Waals surface area contributed by atoms with E-state index < -0.39 is 0 Å². The second-order valence-electron chi connectivity index (χ2n) is 5.86. The molecule has 2 N–H and O–H groups in total. The van der Waals surface area contributed by atoms with E-state index in [1.165, 1.54) is 5.56 Å². The molecule has 0 spiro atoms. The molecule has 1 heterocycles. The Morgan fingerprint density at radius 2 is 1.92 bits per heavy atom. The molecule has 120 valence electrons. The number of nitrogens with zero attached hydrogens (tertiary/aromatic N) is 1. The first kappa shape index (κ1) is 15.0. The maximum Gasteiger partial charge on any atom is 0.269 e. The summed E-state index contributed by atoms with van der Waals surface area (Å²) in [5, 5.41) is 10.9. The van der Waals surface area contributed by atoms with Gasteiger partial charge < -0.3 is 5.32 Å². The summed E-state index contributed by atoms with van der Waals surface area (Å²) in [5.74, 6) is -0.150. The van der Waals surface area contributed by atoms with E-state index in [0.29, 0.717) is 17.3 Å². The van der Waals surface area contributed by atoms with Gasteiger partial charge in [-0.05, 0) is 30.0 Å². The molecule has 0 saturated heterocycles. The first-order chi connectivity index (χ1) is 11.7. The van der Waals surface area contributed by atoms with E-state index in [2.05, 4.69) is 27.6 Å². The van der Waals surface area contributed by atoms with Crippen LogP contribution >= 0.6 is 11.6 Å². The molecule has 1 aromatic heterocycles. The Morgan fingerprint density at radius 1 is 1.12 bits per heavy atom. The average molecular weight is 338 g/mol. The van der Waals surface area contributed by atoms with E-state index in [1.54, 1.807) is 0 Å². The largest absolute Gasteiger partial charge is 0.347 e. The van der Waals surface area contributed by atoms with Crippen LogP contribution in [-0.4, -0.2) is 16.1 Å². The summed E-state index contributed by atoms with van der Waals surface area (Å²) in [6.07, 6.45) is 1.74. The molecule has 0 saturated carbocycles. The molecule has 4 rings (SSSR count). The summed E-state index contributed by atoms with van der Waals surface area (Å²) in [7, 11) is 0. The van der Waals surface area contributed by atoms with Crippen molar-refractivity contribution in [3.8, 4) is 11.3 Å². The second-order valence-corrected chi connectivity index (χ2v) is 6.26. The molecule has 0 fully saturated rings. The third-order valence-electron chi connectivity index (χ3n) is 4.41. The molecule has 0 atom stereocenters. The number of fused-ring (bicyclic) bond motifs is 3. The number of aromatic amines is 1. The van der Waals surface area contributed by atoms with Crippen LogP contribution in [0.2, 0.25) is 5.02 Å². The second kappa shape index (κ2) is 6.13. The van der Waals surface area contributed by atoms with Crippen molar-refractivity contribution in [3.63, 3.8) is 0 Å². The summed E-state index contributed by atoms with van der Waals surface area (Å²) in [5.41, 5.74) is 5.71. The van der Waals surface area contributed by atoms with Gasteiger partial charge in [-0.1, -0.05) is 54.1 Å². The van der Waals surface area contributed by atoms with E-state index in [1.807, 2.05) is 36.4 Å². The number of aryl methyl sites for hydroxylation is 1. The Kier molecular flexibility index (Phi) is 3.82. The van der Waals surface area contributed by atoms with Crippen LogP contribution in [0, 0.1) is 0 Å². The summed E-state index contributed by atoms with van der Waals surface area (Å²) in [4.78, 5) is 12.5. The van der Waals surface area contributed by atoms with Gasteiger partial charge in [0.05, 0.1) is 5.69 Å². The zero-order valence-corrected chi connectivity index (χ0v) is 13.7. The van der Waals surface area contributed by atoms with Crippen molar-refractivity contribution in [2.75, 3.05) is 0 Å². The highest BCUT2D eigenvalue weighted by atomic mass is 35.5. The summed E-state index contributed by atoms with van der Waals surface area (Å²) in [6, 6.07) is 15.7. The fourth-order valence-corrected chi connectivity index (χ4v) is 3.36. The van der Waals surface area contributed by atoms with E-state index >= 15 is 0 Å². The molecule has 5 heteroatoms. The lowest BCUT2D eigenvalue weighted by molar-refractivity contribution is 0.0945. The van der Waals surface area contributed by atoms with Gasteiger partial charge in [0.25, 0.3) is 5.91 Å². The Morgan fingerprint density at radius 3 is 2.79 bits per heavy atom. The number of H-pyrrole nitrogens is 1. The number of benzene rings is 2. The lowest BCUT2D eigenvalue weighted by Crippen LogP contribution is -2.24. The zero-order chi connectivity index (χ0) is 16.5. The van der Waals surface area contributed by atoms with Gasteiger partial charge in [-0.3, -0.25) is 9.89 Å². The van der Waals surface area contributed by atoms with E-state index in [9.17, 15) is 4.79 Å². The highest BCUT2D eigenvalue weighted by molar-refractivity contribution is 6.31. The number of carbonyl (C=O) groups excluding carboxylic acids is 1. The molecule has 3 aromatic rings. The first-order valence-corrected chi connectivity index (χ1v) is 8.29. The summed E-state index contributed by atoms with van der Waals surface area (Å²) in [6.45, 7) is 0.392. The van der Waals surface area contributed by atoms with Crippen molar-refractivity contribution in [3.05, 3.63) is 75.9 Å². The molecular formula is C19H16ClN3O. The van der Waals surface area contributed by atoms with Crippen LogP contribution in [0.3, 0.4) is 0 Å². The number of nitrogens with one attached hydrogen (secondary N) is 2. The number of carbonyl (C=O) groups is 1. The number of hydrogen-bond donors (Lipinski definition) is 2. The van der Waals surface area contributed by atoms with Gasteiger partial charge in [-0.2, -0.15) is 5.10 Å². The van der Waals surface area contributed by atoms with Gasteiger partial charge in [0.2, 0.25) is 0 Å². The Hall–Kier alpha value is -2.59. The maximum absolute atomic E-state index is 12.5.